The lowest BCUT2D eigenvalue weighted by Gasteiger charge is -2.37. The van der Waals surface area contributed by atoms with E-state index in [-0.39, 0.29) is 17.9 Å². The number of hydrogen-bond donors (Lipinski definition) is 2. The first-order chi connectivity index (χ1) is 9.51. The van der Waals surface area contributed by atoms with Crippen LogP contribution in [0.3, 0.4) is 0 Å². The van der Waals surface area contributed by atoms with Crippen LogP contribution in [0.1, 0.15) is 40.0 Å². The topological polar surface area (TPSA) is 73.1 Å². The summed E-state index contributed by atoms with van der Waals surface area (Å²) in [4.78, 5) is 7.68. The maximum Gasteiger partial charge on any atom is 0.255 e. The summed E-state index contributed by atoms with van der Waals surface area (Å²) < 4.78 is 19.6. The molecule has 1 heterocycles. The summed E-state index contributed by atoms with van der Waals surface area (Å²) in [6.07, 6.45) is 4.31. The highest BCUT2D eigenvalue weighted by molar-refractivity contribution is 5.26. The molecule has 0 bridgehead atoms. The molecule has 3 N–H and O–H groups in total. The minimum absolute atomic E-state index is 0.00576. The average molecular weight is 282 g/mol. The number of anilines is 1. The Kier molecular flexibility index (Phi) is 4.75. The second-order valence-corrected chi connectivity index (χ2v) is 5.97. The number of rotatable bonds is 4. The van der Waals surface area contributed by atoms with Gasteiger partial charge in [-0.1, -0.05) is 27.2 Å². The van der Waals surface area contributed by atoms with Crippen molar-refractivity contribution in [3.8, 4) is 5.88 Å². The molecule has 2 rings (SSSR count). The zero-order valence-electron chi connectivity index (χ0n) is 12.3. The fraction of sp³-hybridized carbons (Fsp3) is 0.714. The molecular weight excluding hydrogens is 259 g/mol. The minimum Gasteiger partial charge on any atom is -0.472 e. The molecule has 1 aromatic heterocycles. The summed E-state index contributed by atoms with van der Waals surface area (Å²) in [5.41, 5.74) is 2.31. The van der Waals surface area contributed by atoms with E-state index in [2.05, 4.69) is 36.2 Å². The zero-order valence-corrected chi connectivity index (χ0v) is 12.3. The molecule has 1 saturated carbocycles. The molecule has 5 nitrogen and oxygen atoms in total. The fourth-order valence-electron chi connectivity index (χ4n) is 2.90. The molecular formula is C14H23FN4O. The second kappa shape index (κ2) is 6.35. The SMILES string of the molecule is CC1CCC(C(C)C)C(Oc2nc(NN)ncc2F)C1. The van der Waals surface area contributed by atoms with E-state index >= 15 is 0 Å². The summed E-state index contributed by atoms with van der Waals surface area (Å²) in [5.74, 6) is 6.36. The molecule has 0 saturated heterocycles. The van der Waals surface area contributed by atoms with Crippen molar-refractivity contribution in [2.45, 2.75) is 46.1 Å². The highest BCUT2D eigenvalue weighted by Crippen LogP contribution is 2.36. The van der Waals surface area contributed by atoms with Gasteiger partial charge in [-0.2, -0.15) is 9.37 Å². The molecule has 0 spiro atoms. The largest absolute Gasteiger partial charge is 0.472 e. The van der Waals surface area contributed by atoms with E-state index in [0.29, 0.717) is 17.8 Å². The number of aromatic nitrogens is 2. The predicted octanol–water partition coefficient (Wildman–Crippen LogP) is 2.74. The van der Waals surface area contributed by atoms with Gasteiger partial charge in [0.1, 0.15) is 6.10 Å². The molecule has 1 aliphatic carbocycles. The molecule has 0 aromatic carbocycles. The molecule has 0 aliphatic heterocycles. The quantitative estimate of drug-likeness (QED) is 0.656. The molecule has 3 unspecified atom stereocenters. The van der Waals surface area contributed by atoms with E-state index in [0.717, 1.165) is 19.0 Å². The first kappa shape index (κ1) is 15.0. The van der Waals surface area contributed by atoms with E-state index in [4.69, 9.17) is 10.6 Å². The number of ether oxygens (including phenoxy) is 1. The fourth-order valence-corrected chi connectivity index (χ4v) is 2.90. The van der Waals surface area contributed by atoms with E-state index < -0.39 is 5.82 Å². The van der Waals surface area contributed by atoms with Crippen molar-refractivity contribution in [2.24, 2.45) is 23.6 Å². The average Bonchev–Trinajstić information content (AvgIpc) is 2.41. The Labute approximate surface area is 119 Å². The van der Waals surface area contributed by atoms with Crippen molar-refractivity contribution < 1.29 is 9.13 Å². The van der Waals surface area contributed by atoms with Crippen molar-refractivity contribution in [2.75, 3.05) is 5.43 Å². The van der Waals surface area contributed by atoms with Crippen LogP contribution >= 0.6 is 0 Å². The molecule has 0 radical (unpaired) electrons. The zero-order chi connectivity index (χ0) is 14.7. The van der Waals surface area contributed by atoms with Gasteiger partial charge in [0.05, 0.1) is 6.20 Å². The Bertz CT molecular complexity index is 455. The standard InChI is InChI=1S/C14H23FN4O/c1-8(2)10-5-4-9(3)6-12(10)20-13-11(15)7-17-14(18-13)19-16/h7-10,12H,4-6,16H2,1-3H3,(H,17,18,19). The Morgan fingerprint density at radius 3 is 2.85 bits per heavy atom. The van der Waals surface area contributed by atoms with Gasteiger partial charge in [-0.25, -0.2) is 10.8 Å². The summed E-state index contributed by atoms with van der Waals surface area (Å²) >= 11 is 0. The Balaban J connectivity index is 2.17. The summed E-state index contributed by atoms with van der Waals surface area (Å²) in [6.45, 7) is 6.57. The van der Waals surface area contributed by atoms with Crippen LogP contribution in [0.15, 0.2) is 6.20 Å². The summed E-state index contributed by atoms with van der Waals surface area (Å²) in [5, 5.41) is 0. The number of hydrazine groups is 1. The van der Waals surface area contributed by atoms with Gasteiger partial charge in [0.2, 0.25) is 11.8 Å². The Morgan fingerprint density at radius 1 is 1.45 bits per heavy atom. The number of nitrogen functional groups attached to an aromatic ring is 1. The van der Waals surface area contributed by atoms with Crippen LogP contribution in [0.5, 0.6) is 5.88 Å². The van der Waals surface area contributed by atoms with Gasteiger partial charge < -0.3 is 4.74 Å². The Hall–Kier alpha value is -1.43. The first-order valence-corrected chi connectivity index (χ1v) is 7.17. The molecule has 6 heteroatoms. The van der Waals surface area contributed by atoms with Gasteiger partial charge in [-0.15, -0.1) is 0 Å². The third kappa shape index (κ3) is 3.36. The van der Waals surface area contributed by atoms with E-state index in [1.165, 1.54) is 6.42 Å². The van der Waals surface area contributed by atoms with Crippen molar-refractivity contribution >= 4 is 5.95 Å². The van der Waals surface area contributed by atoms with Crippen LogP contribution < -0.4 is 16.0 Å². The second-order valence-electron chi connectivity index (χ2n) is 5.97. The van der Waals surface area contributed by atoms with Gasteiger partial charge in [0.25, 0.3) is 5.88 Å². The maximum atomic E-state index is 13.8. The predicted molar refractivity (Wildman–Crippen MR) is 75.6 cm³/mol. The smallest absolute Gasteiger partial charge is 0.255 e. The van der Waals surface area contributed by atoms with Crippen LogP contribution in [0.25, 0.3) is 0 Å². The van der Waals surface area contributed by atoms with Crippen molar-refractivity contribution in [3.05, 3.63) is 12.0 Å². The third-order valence-electron chi connectivity index (χ3n) is 4.07. The van der Waals surface area contributed by atoms with Crippen LogP contribution in [0.4, 0.5) is 10.3 Å². The maximum absolute atomic E-state index is 13.8. The highest BCUT2D eigenvalue weighted by Gasteiger charge is 2.33. The minimum atomic E-state index is -0.551. The highest BCUT2D eigenvalue weighted by atomic mass is 19.1. The van der Waals surface area contributed by atoms with E-state index in [9.17, 15) is 4.39 Å². The monoisotopic (exact) mass is 282 g/mol. The van der Waals surface area contributed by atoms with Gasteiger partial charge in [-0.05, 0) is 30.6 Å². The van der Waals surface area contributed by atoms with Gasteiger partial charge in [0.15, 0.2) is 0 Å². The van der Waals surface area contributed by atoms with Crippen molar-refractivity contribution in [1.82, 2.24) is 9.97 Å². The lowest BCUT2D eigenvalue weighted by Crippen LogP contribution is -2.36. The van der Waals surface area contributed by atoms with Crippen LogP contribution in [0, 0.1) is 23.6 Å². The van der Waals surface area contributed by atoms with Gasteiger partial charge >= 0.3 is 0 Å². The third-order valence-corrected chi connectivity index (χ3v) is 4.07. The molecule has 0 amide bonds. The molecule has 1 fully saturated rings. The summed E-state index contributed by atoms with van der Waals surface area (Å²) in [6, 6.07) is 0. The van der Waals surface area contributed by atoms with Crippen LogP contribution in [0.2, 0.25) is 0 Å². The lowest BCUT2D eigenvalue weighted by molar-refractivity contribution is 0.0394. The van der Waals surface area contributed by atoms with E-state index in [1.54, 1.807) is 0 Å². The van der Waals surface area contributed by atoms with Gasteiger partial charge in [-0.3, -0.25) is 5.43 Å². The Morgan fingerprint density at radius 2 is 2.20 bits per heavy atom. The number of halogens is 1. The molecule has 3 atom stereocenters. The first-order valence-electron chi connectivity index (χ1n) is 7.17. The number of nitrogens with two attached hydrogens (primary N) is 1. The lowest BCUT2D eigenvalue weighted by atomic mass is 9.75. The molecule has 1 aliphatic rings. The van der Waals surface area contributed by atoms with Crippen LogP contribution in [-0.4, -0.2) is 16.1 Å². The number of hydrogen-bond acceptors (Lipinski definition) is 5. The van der Waals surface area contributed by atoms with Gasteiger partial charge in [0, 0.05) is 0 Å². The van der Waals surface area contributed by atoms with Crippen molar-refractivity contribution in [1.29, 1.82) is 0 Å². The van der Waals surface area contributed by atoms with E-state index in [1.807, 2.05) is 0 Å². The molecule has 112 valence electrons. The molecule has 20 heavy (non-hydrogen) atoms. The van der Waals surface area contributed by atoms with Crippen molar-refractivity contribution in [3.63, 3.8) is 0 Å². The summed E-state index contributed by atoms with van der Waals surface area (Å²) in [7, 11) is 0. The molecule has 1 aromatic rings. The number of nitrogens with zero attached hydrogens (tertiary/aromatic N) is 2. The normalized spacial score (nSPS) is 26.6. The number of nitrogens with one attached hydrogen (secondary N) is 1. The van der Waals surface area contributed by atoms with Crippen LogP contribution in [-0.2, 0) is 0 Å².